The van der Waals surface area contributed by atoms with Crippen LogP contribution in [0.2, 0.25) is 0 Å². The number of hydrogen-bond acceptors (Lipinski definition) is 1. The van der Waals surface area contributed by atoms with Gasteiger partial charge in [-0.25, -0.2) is 0 Å². The summed E-state index contributed by atoms with van der Waals surface area (Å²) >= 11 is 0. The van der Waals surface area contributed by atoms with Crippen LogP contribution in [0.15, 0.2) is 48.5 Å². The van der Waals surface area contributed by atoms with Gasteiger partial charge in [-0.2, -0.15) is 0 Å². The van der Waals surface area contributed by atoms with Gasteiger partial charge in [-0.1, -0.05) is 55.8 Å². The van der Waals surface area contributed by atoms with Crippen molar-refractivity contribution in [2.75, 3.05) is 0 Å². The van der Waals surface area contributed by atoms with Crippen LogP contribution in [0.4, 0.5) is 0 Å². The predicted octanol–water partition coefficient (Wildman–Crippen LogP) is 3.54. The molecule has 1 nitrogen and oxygen atoms in total. The van der Waals surface area contributed by atoms with E-state index in [4.69, 9.17) is 0 Å². The molecule has 2 rings (SSSR count). The Labute approximate surface area is 110 Å². The summed E-state index contributed by atoms with van der Waals surface area (Å²) < 4.78 is 0. The highest BCUT2D eigenvalue weighted by Gasteiger charge is 2.20. The van der Waals surface area contributed by atoms with Gasteiger partial charge in [0.15, 0.2) is 0 Å². The minimum absolute atomic E-state index is 0.421. The monoisotopic (exact) mass is 258 g/mol. The molecule has 0 heterocycles. The topological polar surface area (TPSA) is 20.2 Å². The highest BCUT2D eigenvalue weighted by molar-refractivity contribution is 7.73. The summed E-state index contributed by atoms with van der Waals surface area (Å²) in [5.74, 6) is 0.421. The summed E-state index contributed by atoms with van der Waals surface area (Å²) in [6.07, 6.45) is 0. The highest BCUT2D eigenvalue weighted by Crippen LogP contribution is 2.41. The molecule has 0 aliphatic rings. The number of aromatic hydroxyl groups is 1. The predicted molar refractivity (Wildman–Crippen MR) is 80.6 cm³/mol. The number of rotatable bonds is 3. The Morgan fingerprint density at radius 1 is 1.00 bits per heavy atom. The largest absolute Gasteiger partial charge is 0.507 e. The second-order valence-electron chi connectivity index (χ2n) is 4.79. The lowest BCUT2D eigenvalue weighted by atomic mass is 10.2. The van der Waals surface area contributed by atoms with Crippen LogP contribution in [0, 0.1) is 6.92 Å². The fraction of sp³-hybridized carbons (Fsp3) is 0.250. The SMILES string of the molecule is Cc1ccc(O)c(P(c2ccccc2)C(C)C)c1. The van der Waals surface area contributed by atoms with Gasteiger partial charge < -0.3 is 5.11 Å². The summed E-state index contributed by atoms with van der Waals surface area (Å²) in [5.41, 5.74) is 1.71. The molecule has 1 unspecified atom stereocenters. The van der Waals surface area contributed by atoms with Gasteiger partial charge in [0.1, 0.15) is 5.75 Å². The molecule has 0 spiro atoms. The minimum Gasteiger partial charge on any atom is -0.507 e. The second kappa shape index (κ2) is 5.54. The normalized spacial score (nSPS) is 12.7. The van der Waals surface area contributed by atoms with Crippen LogP contribution in [0.3, 0.4) is 0 Å². The maximum Gasteiger partial charge on any atom is 0.123 e. The van der Waals surface area contributed by atoms with Crippen LogP contribution < -0.4 is 10.6 Å². The van der Waals surface area contributed by atoms with Crippen LogP contribution in [-0.4, -0.2) is 10.8 Å². The van der Waals surface area contributed by atoms with Crippen molar-refractivity contribution in [3.05, 3.63) is 54.1 Å². The van der Waals surface area contributed by atoms with E-state index < -0.39 is 7.92 Å². The lowest BCUT2D eigenvalue weighted by molar-refractivity contribution is 0.479. The first-order chi connectivity index (χ1) is 8.59. The van der Waals surface area contributed by atoms with Crippen molar-refractivity contribution in [1.82, 2.24) is 0 Å². The minimum atomic E-state index is -0.497. The zero-order valence-corrected chi connectivity index (χ0v) is 12.0. The van der Waals surface area contributed by atoms with E-state index in [1.807, 2.05) is 18.2 Å². The van der Waals surface area contributed by atoms with Crippen LogP contribution in [0.1, 0.15) is 19.4 Å². The maximum absolute atomic E-state index is 10.1. The summed E-state index contributed by atoms with van der Waals surface area (Å²) in [6, 6.07) is 16.4. The molecule has 2 aromatic rings. The number of phenolic OH excluding ortho intramolecular Hbond substituents is 1. The lowest BCUT2D eigenvalue weighted by Gasteiger charge is -2.23. The van der Waals surface area contributed by atoms with Crippen LogP contribution >= 0.6 is 7.92 Å². The molecule has 1 N–H and O–H groups in total. The molecular weight excluding hydrogens is 239 g/mol. The van der Waals surface area contributed by atoms with Crippen molar-refractivity contribution in [2.45, 2.75) is 26.4 Å². The quantitative estimate of drug-likeness (QED) is 0.835. The van der Waals surface area contributed by atoms with E-state index in [0.29, 0.717) is 11.4 Å². The van der Waals surface area contributed by atoms with Gasteiger partial charge in [0.05, 0.1) is 0 Å². The Balaban J connectivity index is 2.52. The zero-order chi connectivity index (χ0) is 13.1. The van der Waals surface area contributed by atoms with Gasteiger partial charge in [-0.3, -0.25) is 0 Å². The van der Waals surface area contributed by atoms with Crippen LogP contribution in [0.25, 0.3) is 0 Å². The molecule has 0 aliphatic carbocycles. The van der Waals surface area contributed by atoms with Crippen molar-refractivity contribution in [3.8, 4) is 5.75 Å². The average molecular weight is 258 g/mol. The van der Waals surface area contributed by atoms with E-state index in [1.54, 1.807) is 0 Å². The second-order valence-corrected chi connectivity index (χ2v) is 7.56. The molecule has 0 radical (unpaired) electrons. The maximum atomic E-state index is 10.1. The molecule has 94 valence electrons. The van der Waals surface area contributed by atoms with E-state index >= 15 is 0 Å². The number of phenols is 1. The molecule has 18 heavy (non-hydrogen) atoms. The van der Waals surface area contributed by atoms with Gasteiger partial charge in [-0.15, -0.1) is 0 Å². The van der Waals surface area contributed by atoms with E-state index in [2.05, 4.69) is 51.1 Å². The van der Waals surface area contributed by atoms with E-state index in [0.717, 1.165) is 5.30 Å². The standard InChI is InChI=1S/C16H19OP/c1-12(2)18(14-7-5-4-6-8-14)16-11-13(3)9-10-15(16)17/h4-12,17H,1-3H3. The fourth-order valence-corrected chi connectivity index (χ4v) is 4.72. The first kappa shape index (κ1) is 13.1. The first-order valence-electron chi connectivity index (χ1n) is 6.23. The Hall–Kier alpha value is -1.33. The summed E-state index contributed by atoms with van der Waals surface area (Å²) in [6.45, 7) is 6.52. The molecule has 2 heteroatoms. The third kappa shape index (κ3) is 2.73. The van der Waals surface area contributed by atoms with Crippen LogP contribution in [-0.2, 0) is 0 Å². The molecule has 2 aromatic carbocycles. The van der Waals surface area contributed by atoms with Crippen molar-refractivity contribution in [1.29, 1.82) is 0 Å². The van der Waals surface area contributed by atoms with Crippen molar-refractivity contribution in [2.24, 2.45) is 0 Å². The molecule has 0 fully saturated rings. The molecule has 0 saturated heterocycles. The Bertz CT molecular complexity index is 520. The molecule has 0 aromatic heterocycles. The number of hydrogen-bond donors (Lipinski definition) is 1. The molecular formula is C16H19OP. The van der Waals surface area contributed by atoms with Gasteiger partial charge in [0, 0.05) is 5.30 Å². The summed E-state index contributed by atoms with van der Waals surface area (Å²) in [4.78, 5) is 0. The van der Waals surface area contributed by atoms with Gasteiger partial charge in [-0.05, 0) is 37.9 Å². The first-order valence-corrected chi connectivity index (χ1v) is 7.64. The van der Waals surface area contributed by atoms with Crippen molar-refractivity contribution in [3.63, 3.8) is 0 Å². The van der Waals surface area contributed by atoms with E-state index in [-0.39, 0.29) is 0 Å². The van der Waals surface area contributed by atoms with Gasteiger partial charge in [0.2, 0.25) is 0 Å². The fourth-order valence-electron chi connectivity index (χ4n) is 2.13. The Kier molecular flexibility index (Phi) is 4.04. The smallest absolute Gasteiger partial charge is 0.123 e. The lowest BCUT2D eigenvalue weighted by Crippen LogP contribution is -2.18. The molecule has 0 bridgehead atoms. The zero-order valence-electron chi connectivity index (χ0n) is 11.1. The molecule has 0 aliphatic heterocycles. The summed E-state index contributed by atoms with van der Waals surface area (Å²) in [7, 11) is -0.497. The molecule has 1 atom stereocenters. The molecule has 0 amide bonds. The number of benzene rings is 2. The van der Waals surface area contributed by atoms with Gasteiger partial charge >= 0.3 is 0 Å². The van der Waals surface area contributed by atoms with Crippen LogP contribution in [0.5, 0.6) is 5.75 Å². The average Bonchev–Trinajstić information content (AvgIpc) is 2.35. The van der Waals surface area contributed by atoms with Gasteiger partial charge in [0.25, 0.3) is 0 Å². The Morgan fingerprint density at radius 2 is 1.67 bits per heavy atom. The number of aryl methyl sites for hydroxylation is 1. The van der Waals surface area contributed by atoms with Crippen molar-refractivity contribution < 1.29 is 5.11 Å². The Morgan fingerprint density at radius 3 is 2.28 bits per heavy atom. The van der Waals surface area contributed by atoms with Crippen molar-refractivity contribution >= 4 is 18.5 Å². The highest BCUT2D eigenvalue weighted by atomic mass is 31.1. The third-order valence-corrected chi connectivity index (χ3v) is 5.71. The van der Waals surface area contributed by atoms with E-state index in [9.17, 15) is 5.11 Å². The van der Waals surface area contributed by atoms with E-state index in [1.165, 1.54) is 10.9 Å². The molecule has 0 saturated carbocycles. The third-order valence-electron chi connectivity index (χ3n) is 2.94. The summed E-state index contributed by atoms with van der Waals surface area (Å²) in [5, 5.41) is 12.5.